The average molecular weight is 316 g/mol. The first kappa shape index (κ1) is 16.8. The molecule has 1 atom stereocenters. The van der Waals surface area contributed by atoms with E-state index in [1.807, 2.05) is 6.92 Å². The molecule has 0 unspecified atom stereocenters. The SMILES string of the molecule is CCOCCN1CCNC(=O)[C@@H]1c1ccccc1C(F)(F)F. The minimum atomic E-state index is -4.49. The number of nitrogens with zero attached hydrogens (tertiary/aromatic N) is 1. The van der Waals surface area contributed by atoms with Gasteiger partial charge in [-0.3, -0.25) is 9.69 Å². The van der Waals surface area contributed by atoms with Crippen LogP contribution in [0, 0.1) is 0 Å². The summed E-state index contributed by atoms with van der Waals surface area (Å²) in [7, 11) is 0. The molecule has 1 aliphatic rings. The van der Waals surface area contributed by atoms with Gasteiger partial charge in [-0.15, -0.1) is 0 Å². The van der Waals surface area contributed by atoms with Crippen molar-refractivity contribution in [3.05, 3.63) is 35.4 Å². The molecule has 122 valence electrons. The van der Waals surface area contributed by atoms with Gasteiger partial charge in [0.2, 0.25) is 5.91 Å². The van der Waals surface area contributed by atoms with Crippen LogP contribution in [0.4, 0.5) is 13.2 Å². The summed E-state index contributed by atoms with van der Waals surface area (Å²) >= 11 is 0. The Bertz CT molecular complexity index is 520. The van der Waals surface area contributed by atoms with E-state index in [0.717, 1.165) is 6.07 Å². The van der Waals surface area contributed by atoms with E-state index in [1.165, 1.54) is 18.2 Å². The van der Waals surface area contributed by atoms with Gasteiger partial charge in [0.1, 0.15) is 6.04 Å². The van der Waals surface area contributed by atoms with E-state index in [1.54, 1.807) is 4.90 Å². The predicted molar refractivity (Wildman–Crippen MR) is 75.3 cm³/mol. The van der Waals surface area contributed by atoms with Crippen molar-refractivity contribution in [2.75, 3.05) is 32.8 Å². The number of hydrogen-bond acceptors (Lipinski definition) is 3. The van der Waals surface area contributed by atoms with E-state index in [9.17, 15) is 18.0 Å². The maximum Gasteiger partial charge on any atom is 0.416 e. The summed E-state index contributed by atoms with van der Waals surface area (Å²) in [6, 6.07) is 4.29. The summed E-state index contributed by atoms with van der Waals surface area (Å²) < 4.78 is 44.8. The molecule has 0 aliphatic carbocycles. The van der Waals surface area contributed by atoms with Gasteiger partial charge in [0.05, 0.1) is 12.2 Å². The van der Waals surface area contributed by atoms with E-state index >= 15 is 0 Å². The first-order chi connectivity index (χ1) is 10.4. The molecule has 0 aromatic heterocycles. The molecule has 1 amide bonds. The molecule has 1 aliphatic heterocycles. The summed E-state index contributed by atoms with van der Waals surface area (Å²) in [6.45, 7) is 4.10. The molecule has 1 fully saturated rings. The molecule has 0 saturated carbocycles. The van der Waals surface area contributed by atoms with Crippen molar-refractivity contribution in [1.29, 1.82) is 0 Å². The maximum atomic E-state index is 13.2. The number of carbonyl (C=O) groups excluding carboxylic acids is 1. The smallest absolute Gasteiger partial charge is 0.380 e. The lowest BCUT2D eigenvalue weighted by Gasteiger charge is -2.36. The summed E-state index contributed by atoms with van der Waals surface area (Å²) in [4.78, 5) is 13.9. The van der Waals surface area contributed by atoms with Crippen LogP contribution >= 0.6 is 0 Å². The second-order valence-electron chi connectivity index (χ2n) is 5.01. The number of piperazine rings is 1. The van der Waals surface area contributed by atoms with E-state index < -0.39 is 23.7 Å². The van der Waals surface area contributed by atoms with E-state index in [2.05, 4.69) is 5.32 Å². The van der Waals surface area contributed by atoms with Crippen LogP contribution in [0.1, 0.15) is 24.1 Å². The monoisotopic (exact) mass is 316 g/mol. The Kier molecular flexibility index (Phi) is 5.42. The minimum Gasteiger partial charge on any atom is -0.380 e. The highest BCUT2D eigenvalue weighted by molar-refractivity contribution is 5.84. The lowest BCUT2D eigenvalue weighted by molar-refractivity contribution is -0.140. The van der Waals surface area contributed by atoms with Crippen molar-refractivity contribution in [1.82, 2.24) is 10.2 Å². The number of hydrogen-bond donors (Lipinski definition) is 1. The third kappa shape index (κ3) is 3.78. The molecule has 1 aromatic carbocycles. The molecular weight excluding hydrogens is 297 g/mol. The van der Waals surface area contributed by atoms with Gasteiger partial charge in [-0.05, 0) is 18.6 Å². The van der Waals surface area contributed by atoms with Crippen LogP contribution in [-0.2, 0) is 15.7 Å². The molecule has 0 spiro atoms. The van der Waals surface area contributed by atoms with Gasteiger partial charge in [0.15, 0.2) is 0 Å². The van der Waals surface area contributed by atoms with Crippen LogP contribution < -0.4 is 5.32 Å². The molecule has 1 aromatic rings. The highest BCUT2D eigenvalue weighted by Gasteiger charge is 2.39. The van der Waals surface area contributed by atoms with E-state index in [-0.39, 0.29) is 5.56 Å². The Morgan fingerprint density at radius 2 is 2.09 bits per heavy atom. The minimum absolute atomic E-state index is 0.0105. The van der Waals surface area contributed by atoms with Gasteiger partial charge < -0.3 is 10.1 Å². The molecule has 1 saturated heterocycles. The maximum absolute atomic E-state index is 13.2. The third-order valence-corrected chi connectivity index (χ3v) is 3.60. The van der Waals surface area contributed by atoms with Gasteiger partial charge >= 0.3 is 6.18 Å². The lowest BCUT2D eigenvalue weighted by atomic mass is 9.96. The molecule has 1 heterocycles. The molecule has 7 heteroatoms. The van der Waals surface area contributed by atoms with Gasteiger partial charge in [-0.2, -0.15) is 13.2 Å². The normalized spacial score (nSPS) is 20.0. The molecule has 0 bridgehead atoms. The Labute approximate surface area is 127 Å². The van der Waals surface area contributed by atoms with Crippen molar-refractivity contribution >= 4 is 5.91 Å². The predicted octanol–water partition coefficient (Wildman–Crippen LogP) is 2.21. The fourth-order valence-electron chi connectivity index (χ4n) is 2.61. The Morgan fingerprint density at radius 1 is 1.36 bits per heavy atom. The number of rotatable bonds is 5. The molecule has 2 rings (SSSR count). The van der Waals surface area contributed by atoms with Gasteiger partial charge in [-0.1, -0.05) is 18.2 Å². The highest BCUT2D eigenvalue weighted by atomic mass is 19.4. The van der Waals surface area contributed by atoms with Crippen molar-refractivity contribution in [2.24, 2.45) is 0 Å². The number of benzene rings is 1. The summed E-state index contributed by atoms with van der Waals surface area (Å²) in [6.07, 6.45) is -4.49. The average Bonchev–Trinajstić information content (AvgIpc) is 2.47. The third-order valence-electron chi connectivity index (χ3n) is 3.60. The zero-order valence-electron chi connectivity index (χ0n) is 12.3. The van der Waals surface area contributed by atoms with Gasteiger partial charge in [-0.25, -0.2) is 0 Å². The van der Waals surface area contributed by atoms with Crippen molar-refractivity contribution in [3.8, 4) is 0 Å². The first-order valence-corrected chi connectivity index (χ1v) is 7.20. The van der Waals surface area contributed by atoms with Crippen LogP contribution in [0.15, 0.2) is 24.3 Å². The van der Waals surface area contributed by atoms with E-state index in [4.69, 9.17) is 4.74 Å². The fraction of sp³-hybridized carbons (Fsp3) is 0.533. The Balaban J connectivity index is 2.31. The number of nitrogens with one attached hydrogen (secondary N) is 1. The molecule has 4 nitrogen and oxygen atoms in total. The molecule has 0 radical (unpaired) electrons. The lowest BCUT2D eigenvalue weighted by Crippen LogP contribution is -2.51. The Morgan fingerprint density at radius 3 is 2.77 bits per heavy atom. The summed E-state index contributed by atoms with van der Waals surface area (Å²) in [5.74, 6) is -0.403. The summed E-state index contributed by atoms with van der Waals surface area (Å²) in [5, 5.41) is 2.64. The molecule has 1 N–H and O–H groups in total. The molecule has 22 heavy (non-hydrogen) atoms. The topological polar surface area (TPSA) is 41.6 Å². The van der Waals surface area contributed by atoms with Crippen molar-refractivity contribution in [2.45, 2.75) is 19.1 Å². The first-order valence-electron chi connectivity index (χ1n) is 7.20. The van der Waals surface area contributed by atoms with Crippen molar-refractivity contribution in [3.63, 3.8) is 0 Å². The van der Waals surface area contributed by atoms with Crippen LogP contribution in [-0.4, -0.2) is 43.7 Å². The number of amides is 1. The second-order valence-corrected chi connectivity index (χ2v) is 5.01. The van der Waals surface area contributed by atoms with Crippen LogP contribution in [0.25, 0.3) is 0 Å². The van der Waals surface area contributed by atoms with Crippen LogP contribution in [0.2, 0.25) is 0 Å². The quantitative estimate of drug-likeness (QED) is 0.847. The van der Waals surface area contributed by atoms with E-state index in [0.29, 0.717) is 32.8 Å². The molecular formula is C15H19F3N2O2. The second kappa shape index (κ2) is 7.11. The number of halogens is 3. The van der Waals surface area contributed by atoms with Crippen LogP contribution in [0.3, 0.4) is 0 Å². The zero-order valence-corrected chi connectivity index (χ0v) is 12.3. The fourth-order valence-corrected chi connectivity index (χ4v) is 2.61. The van der Waals surface area contributed by atoms with Gasteiger partial charge in [0.25, 0.3) is 0 Å². The van der Waals surface area contributed by atoms with Crippen molar-refractivity contribution < 1.29 is 22.7 Å². The number of alkyl halides is 3. The van der Waals surface area contributed by atoms with Crippen LogP contribution in [0.5, 0.6) is 0 Å². The number of ether oxygens (including phenoxy) is 1. The highest BCUT2D eigenvalue weighted by Crippen LogP contribution is 2.36. The zero-order chi connectivity index (χ0) is 16.2. The summed E-state index contributed by atoms with van der Waals surface area (Å²) in [5.41, 5.74) is -0.776. The number of carbonyl (C=O) groups is 1. The van der Waals surface area contributed by atoms with Gasteiger partial charge in [0, 0.05) is 26.2 Å². The largest absolute Gasteiger partial charge is 0.416 e. The standard InChI is InChI=1S/C15H19F3N2O2/c1-2-22-10-9-20-8-7-19-14(21)13(20)11-5-3-4-6-12(11)15(16,17)18/h3-6,13H,2,7-10H2,1H3,(H,19,21)/t13-/m0/s1. The Hall–Kier alpha value is -1.60.